The van der Waals surface area contributed by atoms with E-state index >= 15 is 0 Å². The first kappa shape index (κ1) is 15.3. The van der Waals surface area contributed by atoms with Crippen molar-refractivity contribution in [1.82, 2.24) is 4.57 Å². The molecule has 2 aromatic carbocycles. The zero-order valence-corrected chi connectivity index (χ0v) is 13.3. The number of aryl methyl sites for hydroxylation is 1. The molecule has 0 spiro atoms. The number of anilines is 1. The summed E-state index contributed by atoms with van der Waals surface area (Å²) in [5.74, 6) is -2.69. The average Bonchev–Trinajstić information content (AvgIpc) is 2.55. The van der Waals surface area contributed by atoms with Crippen molar-refractivity contribution in [1.29, 1.82) is 0 Å². The average molecular weight is 342 g/mol. The van der Waals surface area contributed by atoms with E-state index in [0.717, 1.165) is 6.07 Å². The molecular formula is C18H12F2N2O3. The third-order valence-electron chi connectivity index (χ3n) is 4.07. The number of hydrogen-bond acceptors (Lipinski definition) is 3. The van der Waals surface area contributed by atoms with E-state index in [4.69, 9.17) is 4.74 Å². The van der Waals surface area contributed by atoms with Crippen LogP contribution in [-0.4, -0.2) is 10.5 Å². The fourth-order valence-electron chi connectivity index (χ4n) is 3.00. The van der Waals surface area contributed by atoms with E-state index in [0.29, 0.717) is 16.9 Å². The van der Waals surface area contributed by atoms with Gasteiger partial charge in [-0.05, 0) is 25.1 Å². The van der Waals surface area contributed by atoms with E-state index in [1.807, 2.05) is 0 Å². The van der Waals surface area contributed by atoms with Crippen LogP contribution in [0.1, 0.15) is 12.5 Å². The lowest BCUT2D eigenvalue weighted by atomic mass is 10.1. The Morgan fingerprint density at radius 2 is 2.00 bits per heavy atom. The Morgan fingerprint density at radius 1 is 1.24 bits per heavy atom. The SMILES string of the molecule is CC(=O)Nc1ccc2c(c1)Oc1c(F)c(F)cc3c(=O)c(C)cn-2c13. The number of aromatic nitrogens is 1. The van der Waals surface area contributed by atoms with E-state index in [-0.39, 0.29) is 33.7 Å². The molecule has 25 heavy (non-hydrogen) atoms. The molecule has 0 bridgehead atoms. The first-order chi connectivity index (χ1) is 11.9. The highest BCUT2D eigenvalue weighted by Crippen LogP contribution is 2.42. The minimum Gasteiger partial charge on any atom is -0.450 e. The highest BCUT2D eigenvalue weighted by atomic mass is 19.2. The Kier molecular flexibility index (Phi) is 3.15. The van der Waals surface area contributed by atoms with Crippen LogP contribution in [0, 0.1) is 18.6 Å². The Morgan fingerprint density at radius 3 is 2.72 bits per heavy atom. The molecule has 2 heterocycles. The number of halogens is 2. The standard InChI is InChI=1S/C18H12F2N2O3/c1-8-7-22-13-4-3-10(21-9(2)23)5-14(13)25-18-15(20)12(19)6-11(16(18)22)17(8)24/h3-7H,1-2H3,(H,21,23). The molecule has 1 aromatic heterocycles. The summed E-state index contributed by atoms with van der Waals surface area (Å²) in [6.07, 6.45) is 1.56. The number of nitrogens with zero attached hydrogens (tertiary/aromatic N) is 1. The molecule has 0 saturated carbocycles. The van der Waals surface area contributed by atoms with Crippen LogP contribution in [0.4, 0.5) is 14.5 Å². The molecule has 5 nitrogen and oxygen atoms in total. The molecule has 1 amide bonds. The van der Waals surface area contributed by atoms with Crippen molar-refractivity contribution >= 4 is 22.5 Å². The second-order valence-electron chi connectivity index (χ2n) is 5.87. The molecule has 1 aliphatic rings. The van der Waals surface area contributed by atoms with E-state index in [1.54, 1.807) is 29.8 Å². The van der Waals surface area contributed by atoms with Crippen LogP contribution in [0.15, 0.2) is 35.3 Å². The molecule has 4 rings (SSSR count). The lowest BCUT2D eigenvalue weighted by molar-refractivity contribution is -0.114. The third kappa shape index (κ3) is 2.20. The molecule has 0 unspecified atom stereocenters. The molecule has 0 atom stereocenters. The fraction of sp³-hybridized carbons (Fsp3) is 0.111. The maximum absolute atomic E-state index is 14.3. The quantitative estimate of drug-likeness (QED) is 0.574. The van der Waals surface area contributed by atoms with Crippen LogP contribution >= 0.6 is 0 Å². The maximum atomic E-state index is 14.3. The van der Waals surface area contributed by atoms with Crippen LogP contribution in [0.2, 0.25) is 0 Å². The highest BCUT2D eigenvalue weighted by molar-refractivity contribution is 5.91. The number of amides is 1. The highest BCUT2D eigenvalue weighted by Gasteiger charge is 2.26. The number of benzene rings is 2. The second-order valence-corrected chi connectivity index (χ2v) is 5.87. The van der Waals surface area contributed by atoms with Crippen LogP contribution in [-0.2, 0) is 4.79 Å². The molecule has 0 fully saturated rings. The Hall–Kier alpha value is -3.22. The lowest BCUT2D eigenvalue weighted by Gasteiger charge is -2.24. The number of fused-ring (bicyclic) bond motifs is 2. The van der Waals surface area contributed by atoms with E-state index in [2.05, 4.69) is 5.32 Å². The van der Waals surface area contributed by atoms with E-state index in [9.17, 15) is 18.4 Å². The summed E-state index contributed by atoms with van der Waals surface area (Å²) in [4.78, 5) is 23.5. The topological polar surface area (TPSA) is 60.3 Å². The zero-order valence-electron chi connectivity index (χ0n) is 13.3. The lowest BCUT2D eigenvalue weighted by Crippen LogP contribution is -2.17. The number of pyridine rings is 1. The van der Waals surface area contributed by atoms with Crippen molar-refractivity contribution in [3.8, 4) is 17.2 Å². The molecule has 1 aliphatic heterocycles. The molecule has 126 valence electrons. The van der Waals surface area contributed by atoms with Crippen molar-refractivity contribution in [3.63, 3.8) is 0 Å². The zero-order chi connectivity index (χ0) is 17.9. The van der Waals surface area contributed by atoms with Gasteiger partial charge < -0.3 is 14.6 Å². The number of hydrogen-bond donors (Lipinski definition) is 1. The first-order valence-electron chi connectivity index (χ1n) is 7.50. The van der Waals surface area contributed by atoms with Crippen molar-refractivity contribution < 1.29 is 18.3 Å². The van der Waals surface area contributed by atoms with Crippen LogP contribution in [0.25, 0.3) is 16.6 Å². The fourth-order valence-corrected chi connectivity index (χ4v) is 3.00. The van der Waals surface area contributed by atoms with Crippen molar-refractivity contribution in [2.75, 3.05) is 5.32 Å². The maximum Gasteiger partial charge on any atom is 0.221 e. The largest absolute Gasteiger partial charge is 0.450 e. The summed E-state index contributed by atoms with van der Waals surface area (Å²) < 4.78 is 35.4. The predicted molar refractivity (Wildman–Crippen MR) is 88.6 cm³/mol. The minimum atomic E-state index is -1.17. The Balaban J connectivity index is 2.08. The molecule has 7 heteroatoms. The van der Waals surface area contributed by atoms with E-state index in [1.165, 1.54) is 13.0 Å². The molecular weight excluding hydrogens is 330 g/mol. The van der Waals surface area contributed by atoms with Gasteiger partial charge in [-0.2, -0.15) is 4.39 Å². The number of ether oxygens (including phenoxy) is 1. The van der Waals surface area contributed by atoms with Gasteiger partial charge in [-0.15, -0.1) is 0 Å². The molecule has 0 saturated heterocycles. The summed E-state index contributed by atoms with van der Waals surface area (Å²) >= 11 is 0. The monoisotopic (exact) mass is 342 g/mol. The van der Waals surface area contributed by atoms with Gasteiger partial charge >= 0.3 is 0 Å². The summed E-state index contributed by atoms with van der Waals surface area (Å²) in [7, 11) is 0. The van der Waals surface area contributed by atoms with Gasteiger partial charge in [0.25, 0.3) is 0 Å². The number of rotatable bonds is 1. The van der Waals surface area contributed by atoms with Gasteiger partial charge in [-0.3, -0.25) is 9.59 Å². The van der Waals surface area contributed by atoms with Gasteiger partial charge in [-0.25, -0.2) is 4.39 Å². The number of carbonyl (C=O) groups excluding carboxylic acids is 1. The van der Waals surface area contributed by atoms with Gasteiger partial charge in [0.1, 0.15) is 5.52 Å². The summed E-state index contributed by atoms with van der Waals surface area (Å²) in [5, 5.41) is 2.65. The molecule has 0 radical (unpaired) electrons. The van der Waals surface area contributed by atoms with Gasteiger partial charge in [0, 0.05) is 30.4 Å². The van der Waals surface area contributed by atoms with Gasteiger partial charge in [0.05, 0.1) is 11.1 Å². The van der Waals surface area contributed by atoms with Crippen LogP contribution in [0.3, 0.4) is 0 Å². The normalized spacial score (nSPS) is 11.8. The third-order valence-corrected chi connectivity index (χ3v) is 4.07. The summed E-state index contributed by atoms with van der Waals surface area (Å²) in [6, 6.07) is 5.74. The summed E-state index contributed by atoms with van der Waals surface area (Å²) in [5.41, 5.74) is 1.20. The van der Waals surface area contributed by atoms with Gasteiger partial charge in [-0.1, -0.05) is 0 Å². The summed E-state index contributed by atoms with van der Waals surface area (Å²) in [6.45, 7) is 2.96. The van der Waals surface area contributed by atoms with Crippen LogP contribution < -0.4 is 15.5 Å². The van der Waals surface area contributed by atoms with Gasteiger partial charge in [0.2, 0.25) is 11.7 Å². The predicted octanol–water partition coefficient (Wildman–Crippen LogP) is 3.64. The minimum absolute atomic E-state index is 0.0467. The van der Waals surface area contributed by atoms with Crippen molar-refractivity contribution in [2.45, 2.75) is 13.8 Å². The Bertz CT molecular complexity index is 1140. The van der Waals surface area contributed by atoms with Gasteiger partial charge in [0.15, 0.2) is 22.7 Å². The van der Waals surface area contributed by atoms with Crippen LogP contribution in [0.5, 0.6) is 11.5 Å². The second kappa shape index (κ2) is 5.14. The smallest absolute Gasteiger partial charge is 0.221 e. The van der Waals surface area contributed by atoms with E-state index < -0.39 is 11.6 Å². The van der Waals surface area contributed by atoms with Crippen molar-refractivity contribution in [3.05, 3.63) is 57.9 Å². The molecule has 0 aliphatic carbocycles. The number of carbonyl (C=O) groups is 1. The number of nitrogens with one attached hydrogen (secondary N) is 1. The molecule has 3 aromatic rings. The first-order valence-corrected chi connectivity index (χ1v) is 7.50. The van der Waals surface area contributed by atoms with Crippen molar-refractivity contribution in [2.24, 2.45) is 0 Å². The Labute approximate surface area is 140 Å². The molecule has 1 N–H and O–H groups in total.